The molecule has 15 rings (SSSR count). The van der Waals surface area contributed by atoms with Gasteiger partial charge >= 0.3 is 44.6 Å². The highest BCUT2D eigenvalue weighted by Gasteiger charge is 2.54. The van der Waals surface area contributed by atoms with E-state index in [2.05, 4.69) is 364 Å². The molecule has 12 aromatic carbocycles. The predicted octanol–water partition coefficient (Wildman–Crippen LogP) is 21.5. The smallest absolute Gasteiger partial charge is 0.411 e. The number of morpholine rings is 1. The molecular formula is C106H114F8N4O17S8. The molecule has 0 spiro atoms. The molecule has 4 amide bonds. The number of alkyl halides is 8. The lowest BCUT2D eigenvalue weighted by atomic mass is 9.88. The third-order valence-corrected chi connectivity index (χ3v) is 34.0. The standard InChI is InChI=1S/4C18H15S.C14H23F2NO4S.C8H15F2NO4S.C6H9F2NO5S.C6H11F2NO4S/c4*1-4-10-16(11-5-1)19(17-12-6-2-7-13-17)18-14-8-3-9-15-18;15-14(16,22(19,20)21)13(18)17(11-7-3-1-4-8-11)12-9-5-2-6-10-12;1-5(2)11(6(3)4)7(12)8(9,10)16(13,14)15;7-6(8,15(11,12)13)5(10)9-1-3-14-4-2-9;1-3-9(4-2)5(10)6(7,8)14(11,12)13/h4*1-15H;11-12H,1-10H2,(H,19,20,21);5-6H,1-4H3,(H,13,14,15);1-4H2,(H,11,12,13);3-4H2,1-2H3,(H,11,12,13)/q4*+1;;;;/p-4. The zero-order valence-corrected chi connectivity index (χ0v) is 85.8. The molecule has 0 bridgehead atoms. The molecule has 0 N–H and O–H groups in total. The molecule has 21 nitrogen and oxygen atoms in total. The van der Waals surface area contributed by atoms with Gasteiger partial charge in [0.25, 0.3) is 0 Å². The Morgan fingerprint density at radius 3 is 0.643 bits per heavy atom. The summed E-state index contributed by atoms with van der Waals surface area (Å²) in [6.45, 7) is 8.22. The first-order valence-electron chi connectivity index (χ1n) is 45.6. The van der Waals surface area contributed by atoms with Crippen LogP contribution in [0, 0.1) is 0 Å². The number of nitrogens with zero attached hydrogens (tertiary/aromatic N) is 4. The van der Waals surface area contributed by atoms with E-state index in [1.165, 1.54) is 100 Å². The van der Waals surface area contributed by atoms with Crippen LogP contribution in [-0.4, -0.2) is 180 Å². The summed E-state index contributed by atoms with van der Waals surface area (Å²) in [7, 11) is -24.0. The van der Waals surface area contributed by atoms with Crippen molar-refractivity contribution in [1.29, 1.82) is 0 Å². The molecule has 1 aliphatic heterocycles. The monoisotopic (exact) mass is 2120 g/mol. The second kappa shape index (κ2) is 56.4. The minimum Gasteiger partial charge on any atom is -0.743 e. The van der Waals surface area contributed by atoms with Gasteiger partial charge in [-0.25, -0.2) is 33.7 Å². The maximum absolute atomic E-state index is 13.8. The van der Waals surface area contributed by atoms with Crippen molar-refractivity contribution in [1.82, 2.24) is 19.6 Å². The van der Waals surface area contributed by atoms with Gasteiger partial charge < -0.3 is 42.5 Å². The third kappa shape index (κ3) is 34.0. The molecule has 1 saturated heterocycles. The third-order valence-electron chi connectivity index (χ3n) is 21.9. The van der Waals surface area contributed by atoms with Crippen LogP contribution in [0.2, 0.25) is 0 Å². The van der Waals surface area contributed by atoms with E-state index in [4.69, 9.17) is 4.74 Å². The Kier molecular flexibility index (Phi) is 46.3. The lowest BCUT2D eigenvalue weighted by Gasteiger charge is -2.43. The van der Waals surface area contributed by atoms with Crippen molar-refractivity contribution in [3.05, 3.63) is 364 Å². The molecule has 3 aliphatic rings. The molecule has 764 valence electrons. The first kappa shape index (κ1) is 117. The maximum Gasteiger partial charge on any atom is 0.411 e. The van der Waals surface area contributed by atoms with Crippen LogP contribution >= 0.6 is 0 Å². The SMILES string of the molecule is CC(C)N(C(=O)C(F)(F)S(=O)(=O)[O-])C(C)C.CCN(CC)C(=O)C(F)(F)S(=O)(=O)[O-].O=C(N(C1CCCCC1)C1CCCCC1)C(F)(F)S(=O)(=O)[O-].O=C(N1CCOCC1)C(F)(F)S(=O)(=O)[O-].c1ccc([S+](c2ccccc2)c2ccccc2)cc1.c1ccc([S+](c2ccccc2)c2ccccc2)cc1.c1ccc([S+](c2ccccc2)c2ccccc2)cc1.c1ccc([S+](c2ccccc2)c2ccccc2)cc1. The summed E-state index contributed by atoms with van der Waals surface area (Å²) in [5, 5.41) is -19.6. The van der Waals surface area contributed by atoms with Gasteiger partial charge in [0, 0.05) is 50.3 Å². The van der Waals surface area contributed by atoms with Crippen LogP contribution in [0.15, 0.2) is 423 Å². The highest BCUT2D eigenvalue weighted by atomic mass is 32.2. The van der Waals surface area contributed by atoms with E-state index in [9.17, 15) is 106 Å². The number of ether oxygens (including phenoxy) is 1. The second-order valence-electron chi connectivity index (χ2n) is 32.4. The lowest BCUT2D eigenvalue weighted by molar-refractivity contribution is -0.155. The van der Waals surface area contributed by atoms with E-state index in [1.54, 1.807) is 0 Å². The Labute approximate surface area is 844 Å². The van der Waals surface area contributed by atoms with Crippen molar-refractivity contribution in [3.8, 4) is 0 Å². The fourth-order valence-corrected chi connectivity index (χ4v) is 24.8. The van der Waals surface area contributed by atoms with Gasteiger partial charge in [0.15, 0.2) is 99.2 Å². The maximum atomic E-state index is 13.8. The van der Waals surface area contributed by atoms with E-state index < -0.39 is 97.2 Å². The fourth-order valence-electron chi connectivity index (χ4n) is 15.1. The van der Waals surface area contributed by atoms with E-state index in [0.29, 0.717) is 40.4 Å². The molecule has 37 heteroatoms. The van der Waals surface area contributed by atoms with Crippen LogP contribution in [0.3, 0.4) is 0 Å². The van der Waals surface area contributed by atoms with Crippen LogP contribution in [-0.2, 0) is 108 Å². The Balaban J connectivity index is 0.000000201. The number of halogens is 8. The zero-order chi connectivity index (χ0) is 105. The van der Waals surface area contributed by atoms with Gasteiger partial charge in [0.2, 0.25) is 0 Å². The average molecular weight is 2120 g/mol. The van der Waals surface area contributed by atoms with Gasteiger partial charge in [-0.2, -0.15) is 35.1 Å². The van der Waals surface area contributed by atoms with Crippen LogP contribution < -0.4 is 0 Å². The number of amides is 4. The van der Waals surface area contributed by atoms with Crippen LogP contribution in [0.25, 0.3) is 0 Å². The Bertz CT molecular complexity index is 5440. The van der Waals surface area contributed by atoms with Gasteiger partial charge in [-0.1, -0.05) is 257 Å². The van der Waals surface area contributed by atoms with Crippen molar-refractivity contribution < 1.29 is 111 Å². The Morgan fingerprint density at radius 1 is 0.301 bits per heavy atom. The summed E-state index contributed by atoms with van der Waals surface area (Å²) in [6.07, 6.45) is 7.67. The summed E-state index contributed by atoms with van der Waals surface area (Å²) in [6, 6.07) is 127. The van der Waals surface area contributed by atoms with Gasteiger partial charge in [-0.3, -0.25) is 19.2 Å². The molecule has 143 heavy (non-hydrogen) atoms. The molecule has 3 fully saturated rings. The average Bonchev–Trinajstić information content (AvgIpc) is 0.793. The number of hydrogen-bond acceptors (Lipinski definition) is 17. The normalized spacial score (nSPS) is 13.8. The highest BCUT2D eigenvalue weighted by Crippen LogP contribution is 2.39. The predicted molar refractivity (Wildman–Crippen MR) is 538 cm³/mol. The van der Waals surface area contributed by atoms with Crippen molar-refractivity contribution >= 4 is 108 Å². The highest BCUT2D eigenvalue weighted by molar-refractivity contribution is 7.98. The van der Waals surface area contributed by atoms with Crippen LogP contribution in [0.1, 0.15) is 106 Å². The van der Waals surface area contributed by atoms with Gasteiger partial charge in [0.05, 0.1) is 56.8 Å². The van der Waals surface area contributed by atoms with E-state index in [0.717, 1.165) is 43.4 Å². The first-order chi connectivity index (χ1) is 67.9. The molecule has 0 radical (unpaired) electrons. The number of carbonyl (C=O) groups is 4. The van der Waals surface area contributed by atoms with Gasteiger partial charge in [-0.05, 0) is 213 Å². The zero-order valence-electron chi connectivity index (χ0n) is 79.3. The molecule has 0 atom stereocenters. The summed E-state index contributed by atoms with van der Waals surface area (Å²) < 4.78 is 233. The minimum atomic E-state index is -6.00. The molecular weight excluding hydrogens is 2010 g/mol. The molecule has 0 unspecified atom stereocenters. The minimum absolute atomic E-state index is 0.0146. The second-order valence-corrected chi connectivity index (χ2v) is 46.2. The molecule has 1 heterocycles. The first-order valence-corrected chi connectivity index (χ1v) is 56.2. The van der Waals surface area contributed by atoms with Gasteiger partial charge in [-0.15, -0.1) is 0 Å². The Hall–Kier alpha value is -11.0. The number of hydrogen-bond donors (Lipinski definition) is 0. The molecule has 0 aromatic heterocycles. The number of rotatable bonds is 26. The molecule has 12 aromatic rings. The number of carbonyl (C=O) groups excluding carboxylic acids is 4. The quantitative estimate of drug-likeness (QED) is 0.0276. The van der Waals surface area contributed by atoms with Crippen molar-refractivity contribution in [2.75, 3.05) is 39.4 Å². The van der Waals surface area contributed by atoms with E-state index >= 15 is 0 Å². The van der Waals surface area contributed by atoms with E-state index in [-0.39, 0.29) is 95.1 Å². The number of benzene rings is 12. The van der Waals surface area contributed by atoms with Gasteiger partial charge in [0.1, 0.15) is 0 Å². The fraction of sp³-hybridized carbons (Fsp3) is 0.283. The molecule has 2 aliphatic carbocycles. The molecule has 2 saturated carbocycles. The van der Waals surface area contributed by atoms with Crippen molar-refractivity contribution in [2.24, 2.45) is 0 Å². The Morgan fingerprint density at radius 2 is 0.476 bits per heavy atom. The van der Waals surface area contributed by atoms with Crippen molar-refractivity contribution in [2.45, 2.75) is 210 Å². The van der Waals surface area contributed by atoms with Crippen LogP contribution in [0.4, 0.5) is 35.1 Å². The summed E-state index contributed by atoms with van der Waals surface area (Å²) >= 11 is 0. The lowest BCUT2D eigenvalue weighted by Crippen LogP contribution is -2.56. The summed E-state index contributed by atoms with van der Waals surface area (Å²) in [5.74, 6) is -7.76. The van der Waals surface area contributed by atoms with E-state index in [1.807, 2.05) is 0 Å². The largest absolute Gasteiger partial charge is 0.743 e. The summed E-state index contributed by atoms with van der Waals surface area (Å²) in [4.78, 5) is 64.6. The topological polar surface area (TPSA) is 319 Å². The van der Waals surface area contributed by atoms with Crippen LogP contribution in [0.5, 0.6) is 0 Å². The van der Waals surface area contributed by atoms with Crippen molar-refractivity contribution in [3.63, 3.8) is 0 Å². The summed E-state index contributed by atoms with van der Waals surface area (Å²) in [5.41, 5.74) is 0.